The van der Waals surface area contributed by atoms with Gasteiger partial charge in [-0.2, -0.15) is 0 Å². The Morgan fingerprint density at radius 2 is 0.754 bits per heavy atom. The monoisotopic (exact) mass is 724 g/mol. The zero-order chi connectivity index (χ0) is 37.7. The third-order valence-corrected chi connectivity index (χ3v) is 11.5. The average molecular weight is 725 g/mol. The molecule has 1 aliphatic carbocycles. The Labute approximate surface area is 332 Å². The van der Waals surface area contributed by atoms with Gasteiger partial charge >= 0.3 is 0 Å². The number of anilines is 3. The molecule has 1 aliphatic rings. The van der Waals surface area contributed by atoms with Crippen molar-refractivity contribution in [1.29, 1.82) is 0 Å². The van der Waals surface area contributed by atoms with Gasteiger partial charge in [-0.1, -0.05) is 164 Å². The number of hydrogen-bond acceptors (Lipinski definition) is 2. The van der Waals surface area contributed by atoms with Crippen LogP contribution in [0.4, 0.5) is 17.1 Å². The van der Waals surface area contributed by atoms with Gasteiger partial charge in [0.2, 0.25) is 0 Å². The SMILES string of the molecule is c1ccc(-c2c3c(c(-c4ccccc4)c4ccccc24)-c2ccc(-c4ccc(N(c5ccccc5)c5ccc(-c6cccnc6)cc5)cc4)c4cccc-3c24)cc1. The third-order valence-electron chi connectivity index (χ3n) is 11.5. The number of fused-ring (bicyclic) bond motifs is 4. The molecule has 0 atom stereocenters. The summed E-state index contributed by atoms with van der Waals surface area (Å²) in [6, 6.07) is 74.9. The van der Waals surface area contributed by atoms with Crippen molar-refractivity contribution >= 4 is 38.6 Å². The smallest absolute Gasteiger partial charge is 0.0462 e. The molecule has 2 nitrogen and oxygen atoms in total. The van der Waals surface area contributed by atoms with Gasteiger partial charge in [0.05, 0.1) is 0 Å². The van der Waals surface area contributed by atoms with E-state index in [4.69, 9.17) is 0 Å². The van der Waals surface area contributed by atoms with Crippen LogP contribution in [0.25, 0.3) is 88.3 Å². The van der Waals surface area contributed by atoms with Crippen LogP contribution in [0.2, 0.25) is 0 Å². The summed E-state index contributed by atoms with van der Waals surface area (Å²) in [5.41, 5.74) is 18.3. The molecule has 0 bridgehead atoms. The topological polar surface area (TPSA) is 16.1 Å². The van der Waals surface area contributed by atoms with Gasteiger partial charge in [-0.25, -0.2) is 0 Å². The van der Waals surface area contributed by atoms with E-state index < -0.39 is 0 Å². The lowest BCUT2D eigenvalue weighted by atomic mass is 9.82. The van der Waals surface area contributed by atoms with Crippen molar-refractivity contribution in [2.24, 2.45) is 0 Å². The van der Waals surface area contributed by atoms with Crippen LogP contribution in [0.1, 0.15) is 0 Å². The zero-order valence-corrected chi connectivity index (χ0v) is 31.2. The van der Waals surface area contributed by atoms with Crippen LogP contribution >= 0.6 is 0 Å². The molecule has 57 heavy (non-hydrogen) atoms. The summed E-state index contributed by atoms with van der Waals surface area (Å²) in [4.78, 5) is 6.64. The fourth-order valence-electron chi connectivity index (χ4n) is 9.01. The van der Waals surface area contributed by atoms with E-state index in [1.807, 2.05) is 18.5 Å². The van der Waals surface area contributed by atoms with Gasteiger partial charge in [-0.3, -0.25) is 4.98 Å². The first kappa shape index (κ1) is 32.8. The molecule has 0 fully saturated rings. The van der Waals surface area contributed by atoms with E-state index in [0.717, 1.165) is 28.2 Å². The number of rotatable bonds is 7. The first-order valence-electron chi connectivity index (χ1n) is 19.5. The quantitative estimate of drug-likeness (QED) is 0.163. The number of hydrogen-bond donors (Lipinski definition) is 0. The minimum Gasteiger partial charge on any atom is -0.311 e. The Kier molecular flexibility index (Phi) is 7.86. The largest absolute Gasteiger partial charge is 0.311 e. The summed E-state index contributed by atoms with van der Waals surface area (Å²) in [7, 11) is 0. The number of aromatic nitrogens is 1. The van der Waals surface area contributed by atoms with Gasteiger partial charge in [-0.15, -0.1) is 0 Å². The Morgan fingerprint density at radius 1 is 0.281 bits per heavy atom. The summed E-state index contributed by atoms with van der Waals surface area (Å²) in [6.07, 6.45) is 3.72. The highest BCUT2D eigenvalue weighted by Gasteiger charge is 2.31. The molecule has 0 unspecified atom stereocenters. The molecule has 9 aromatic carbocycles. The van der Waals surface area contributed by atoms with Crippen molar-refractivity contribution < 1.29 is 0 Å². The van der Waals surface area contributed by atoms with Gasteiger partial charge in [0.1, 0.15) is 0 Å². The minimum absolute atomic E-state index is 1.10. The fraction of sp³-hybridized carbons (Fsp3) is 0. The normalized spacial score (nSPS) is 11.5. The van der Waals surface area contributed by atoms with E-state index >= 15 is 0 Å². The van der Waals surface area contributed by atoms with Gasteiger partial charge in [0.15, 0.2) is 0 Å². The molecule has 0 saturated heterocycles. The molecular weight excluding hydrogens is 689 g/mol. The molecular formula is C55H36N2. The molecule has 0 N–H and O–H groups in total. The molecule has 266 valence electrons. The minimum atomic E-state index is 1.10. The summed E-state index contributed by atoms with van der Waals surface area (Å²) < 4.78 is 0. The van der Waals surface area contributed by atoms with Crippen LogP contribution in [0, 0.1) is 0 Å². The van der Waals surface area contributed by atoms with E-state index in [1.165, 1.54) is 77.2 Å². The molecule has 11 rings (SSSR count). The summed E-state index contributed by atoms with van der Waals surface area (Å²) >= 11 is 0. The molecule has 1 heterocycles. The maximum atomic E-state index is 4.32. The average Bonchev–Trinajstić information content (AvgIpc) is 3.62. The van der Waals surface area contributed by atoms with Crippen molar-refractivity contribution in [2.45, 2.75) is 0 Å². The fourth-order valence-corrected chi connectivity index (χ4v) is 9.01. The Bertz CT molecular complexity index is 2970. The third kappa shape index (κ3) is 5.45. The number of pyridine rings is 1. The molecule has 10 aromatic rings. The van der Waals surface area contributed by atoms with E-state index in [2.05, 4.69) is 210 Å². The van der Waals surface area contributed by atoms with E-state index in [1.54, 1.807) is 0 Å². The second-order valence-electron chi connectivity index (χ2n) is 14.7. The Hall–Kier alpha value is -7.55. The van der Waals surface area contributed by atoms with Crippen molar-refractivity contribution in [3.8, 4) is 66.8 Å². The molecule has 0 radical (unpaired) electrons. The van der Waals surface area contributed by atoms with Crippen molar-refractivity contribution in [1.82, 2.24) is 4.98 Å². The highest BCUT2D eigenvalue weighted by atomic mass is 15.1. The molecule has 1 aromatic heterocycles. The van der Waals surface area contributed by atoms with Crippen LogP contribution in [0.5, 0.6) is 0 Å². The maximum Gasteiger partial charge on any atom is 0.0462 e. The molecule has 2 heteroatoms. The molecule has 0 saturated carbocycles. The molecule has 0 amide bonds. The second kappa shape index (κ2) is 13.6. The number of para-hydroxylation sites is 1. The number of benzene rings is 9. The van der Waals surface area contributed by atoms with Crippen LogP contribution < -0.4 is 4.90 Å². The van der Waals surface area contributed by atoms with Crippen LogP contribution in [-0.4, -0.2) is 4.98 Å². The summed E-state index contributed by atoms with van der Waals surface area (Å²) in [6.45, 7) is 0. The highest BCUT2D eigenvalue weighted by molar-refractivity contribution is 6.28. The lowest BCUT2D eigenvalue weighted by Gasteiger charge is -2.26. The summed E-state index contributed by atoms with van der Waals surface area (Å²) in [5, 5.41) is 5.13. The predicted octanol–water partition coefficient (Wildman–Crippen LogP) is 15.2. The standard InChI is InChI=1S/C55H36N2/c1-4-14-39(15-5-1)51-47-21-10-11-22-48(47)52(40-16-6-2-7-17-40)55-50-34-33-45(46-23-12-24-49(53(46)50)54(51)55)38-27-31-44(32-28-38)57(42-19-8-3-9-20-42)43-29-25-37(26-30-43)41-18-13-35-56-36-41/h1-36H. The lowest BCUT2D eigenvalue weighted by Crippen LogP contribution is -2.09. The molecule has 0 aliphatic heterocycles. The zero-order valence-electron chi connectivity index (χ0n) is 31.2. The van der Waals surface area contributed by atoms with Crippen LogP contribution in [-0.2, 0) is 0 Å². The second-order valence-corrected chi connectivity index (χ2v) is 14.7. The van der Waals surface area contributed by atoms with Crippen LogP contribution in [0.3, 0.4) is 0 Å². The number of nitrogens with zero attached hydrogens (tertiary/aromatic N) is 2. The lowest BCUT2D eigenvalue weighted by molar-refractivity contribution is 1.28. The maximum absolute atomic E-state index is 4.32. The molecule has 0 spiro atoms. The van der Waals surface area contributed by atoms with Gasteiger partial charge < -0.3 is 4.90 Å². The van der Waals surface area contributed by atoms with E-state index in [9.17, 15) is 0 Å². The van der Waals surface area contributed by atoms with E-state index in [0.29, 0.717) is 0 Å². The first-order chi connectivity index (χ1) is 28.3. The van der Waals surface area contributed by atoms with E-state index in [-0.39, 0.29) is 0 Å². The van der Waals surface area contributed by atoms with Gasteiger partial charge in [-0.05, 0) is 131 Å². The highest BCUT2D eigenvalue weighted by Crippen LogP contribution is 2.58. The first-order valence-corrected chi connectivity index (χ1v) is 19.5. The predicted molar refractivity (Wildman–Crippen MR) is 240 cm³/mol. The van der Waals surface area contributed by atoms with Crippen molar-refractivity contribution in [3.63, 3.8) is 0 Å². The Morgan fingerprint density at radius 3 is 1.33 bits per heavy atom. The summed E-state index contributed by atoms with van der Waals surface area (Å²) in [5.74, 6) is 0. The Balaban J connectivity index is 1.07. The van der Waals surface area contributed by atoms with Crippen molar-refractivity contribution in [3.05, 3.63) is 219 Å². The van der Waals surface area contributed by atoms with Crippen molar-refractivity contribution in [2.75, 3.05) is 4.90 Å². The van der Waals surface area contributed by atoms with Gasteiger partial charge in [0, 0.05) is 29.5 Å². The van der Waals surface area contributed by atoms with Gasteiger partial charge in [0.25, 0.3) is 0 Å². The van der Waals surface area contributed by atoms with Crippen LogP contribution in [0.15, 0.2) is 219 Å².